The molecule has 0 atom stereocenters. The second kappa shape index (κ2) is 6.63. The Labute approximate surface area is 142 Å². The molecule has 0 amide bonds. The van der Waals surface area contributed by atoms with Crippen LogP contribution in [0.3, 0.4) is 0 Å². The Bertz CT molecular complexity index is 992. The lowest BCUT2D eigenvalue weighted by atomic mass is 10.1. The molecule has 25 heavy (non-hydrogen) atoms. The normalized spacial score (nSPS) is 10.7. The highest BCUT2D eigenvalue weighted by atomic mass is 16.5. The molecule has 130 valence electrons. The Morgan fingerprint density at radius 2 is 1.92 bits per heavy atom. The van der Waals surface area contributed by atoms with Crippen LogP contribution in [0.25, 0.3) is 17.0 Å². The smallest absolute Gasteiger partial charge is 0.375 e. The number of hydrogen-bond donors (Lipinski definition) is 1. The minimum atomic E-state index is -0.653. The quantitative estimate of drug-likeness (QED) is 0.695. The van der Waals surface area contributed by atoms with Crippen molar-refractivity contribution in [2.75, 3.05) is 20.8 Å². The van der Waals surface area contributed by atoms with Crippen molar-refractivity contribution in [1.29, 1.82) is 0 Å². The van der Waals surface area contributed by atoms with Gasteiger partial charge in [0.25, 0.3) is 11.3 Å². The van der Waals surface area contributed by atoms with Crippen LogP contribution < -0.4 is 15.0 Å². The van der Waals surface area contributed by atoms with Crippen LogP contribution in [-0.2, 0) is 4.74 Å². The van der Waals surface area contributed by atoms with Gasteiger partial charge in [0.2, 0.25) is 5.82 Å². The molecular weight excluding hydrogens is 328 g/mol. The van der Waals surface area contributed by atoms with Gasteiger partial charge in [-0.1, -0.05) is 0 Å². The van der Waals surface area contributed by atoms with E-state index in [-0.39, 0.29) is 18.2 Å². The van der Waals surface area contributed by atoms with Crippen molar-refractivity contribution in [3.63, 3.8) is 0 Å². The van der Waals surface area contributed by atoms with Gasteiger partial charge in [0.1, 0.15) is 0 Å². The Kier molecular flexibility index (Phi) is 4.38. The van der Waals surface area contributed by atoms with Crippen LogP contribution in [0.15, 0.2) is 29.1 Å². The fourth-order valence-corrected chi connectivity index (χ4v) is 2.32. The van der Waals surface area contributed by atoms with E-state index in [0.29, 0.717) is 22.8 Å². The molecule has 3 rings (SSSR count). The predicted molar refractivity (Wildman–Crippen MR) is 88.1 cm³/mol. The summed E-state index contributed by atoms with van der Waals surface area (Å²) in [6.07, 6.45) is 0. The molecule has 1 aromatic carbocycles. The van der Waals surface area contributed by atoms with Crippen LogP contribution in [0.2, 0.25) is 0 Å². The minimum absolute atomic E-state index is 0.0698. The lowest BCUT2D eigenvalue weighted by molar-refractivity contribution is 0.0512. The predicted octanol–water partition coefficient (Wildman–Crippen LogP) is 1.28. The van der Waals surface area contributed by atoms with E-state index < -0.39 is 11.5 Å². The average Bonchev–Trinajstić information content (AvgIpc) is 3.06. The first kappa shape index (κ1) is 16.5. The highest BCUT2D eigenvalue weighted by Gasteiger charge is 2.16. The number of nitrogens with zero attached hydrogens (tertiary/aromatic N) is 3. The van der Waals surface area contributed by atoms with Crippen LogP contribution in [0.4, 0.5) is 0 Å². The van der Waals surface area contributed by atoms with E-state index >= 15 is 0 Å². The summed E-state index contributed by atoms with van der Waals surface area (Å²) in [5, 5.41) is 2.58. The number of hydrogen-bond acceptors (Lipinski definition) is 7. The van der Waals surface area contributed by atoms with Crippen molar-refractivity contribution in [2.45, 2.75) is 6.92 Å². The van der Waals surface area contributed by atoms with Gasteiger partial charge < -0.3 is 14.2 Å². The molecule has 9 nitrogen and oxygen atoms in total. The van der Waals surface area contributed by atoms with Crippen LogP contribution in [0.5, 0.6) is 11.5 Å². The van der Waals surface area contributed by atoms with Crippen LogP contribution in [-0.4, -0.2) is 46.4 Å². The molecule has 0 spiro atoms. The first-order valence-corrected chi connectivity index (χ1v) is 7.46. The standard InChI is InChI=1S/C16H16N4O5/c1-4-25-15(22)14-18-16-17-10(8-13(21)20(16)19-14)9-5-6-11(23-2)12(7-9)24-3/h5-8H,4H2,1-3H3,(H,17,18,19). The number of rotatable bonds is 5. The summed E-state index contributed by atoms with van der Waals surface area (Å²) >= 11 is 0. The highest BCUT2D eigenvalue weighted by molar-refractivity contribution is 5.85. The van der Waals surface area contributed by atoms with Crippen molar-refractivity contribution in [3.05, 3.63) is 40.4 Å². The number of carbonyl (C=O) groups is 1. The van der Waals surface area contributed by atoms with Crippen molar-refractivity contribution in [2.24, 2.45) is 0 Å². The first-order chi connectivity index (χ1) is 12.1. The Hall–Kier alpha value is -3.36. The molecule has 0 aliphatic rings. The third-order valence-electron chi connectivity index (χ3n) is 3.48. The second-order valence-electron chi connectivity index (χ2n) is 4.98. The molecule has 0 saturated heterocycles. The van der Waals surface area contributed by atoms with E-state index in [1.807, 2.05) is 0 Å². The number of H-pyrrole nitrogens is 1. The van der Waals surface area contributed by atoms with Crippen LogP contribution in [0, 0.1) is 0 Å². The zero-order chi connectivity index (χ0) is 18.0. The molecular formula is C16H16N4O5. The number of fused-ring (bicyclic) bond motifs is 1. The molecule has 9 heteroatoms. The monoisotopic (exact) mass is 344 g/mol. The fraction of sp³-hybridized carbons (Fsp3) is 0.250. The summed E-state index contributed by atoms with van der Waals surface area (Å²) in [7, 11) is 3.06. The molecule has 0 unspecified atom stereocenters. The summed E-state index contributed by atoms with van der Waals surface area (Å²) in [6.45, 7) is 1.88. The van der Waals surface area contributed by atoms with Crippen molar-refractivity contribution in [1.82, 2.24) is 19.6 Å². The molecule has 2 heterocycles. The lowest BCUT2D eigenvalue weighted by Crippen LogP contribution is -2.15. The number of carbonyl (C=O) groups excluding carboxylic acids is 1. The van der Waals surface area contributed by atoms with E-state index in [4.69, 9.17) is 14.2 Å². The number of aromatic nitrogens is 4. The number of nitrogens with one attached hydrogen (secondary N) is 1. The average molecular weight is 344 g/mol. The van der Waals surface area contributed by atoms with Gasteiger partial charge in [0.05, 0.1) is 26.5 Å². The molecule has 0 aliphatic carbocycles. The molecule has 1 N–H and O–H groups in total. The topological polar surface area (TPSA) is 108 Å². The number of ether oxygens (including phenoxy) is 3. The van der Waals surface area contributed by atoms with Gasteiger partial charge in [-0.05, 0) is 25.1 Å². The second-order valence-corrected chi connectivity index (χ2v) is 4.98. The number of esters is 1. The number of benzene rings is 1. The maximum atomic E-state index is 12.3. The van der Waals surface area contributed by atoms with Gasteiger partial charge >= 0.3 is 5.97 Å². The van der Waals surface area contributed by atoms with Crippen molar-refractivity contribution < 1.29 is 19.0 Å². The fourth-order valence-electron chi connectivity index (χ4n) is 2.32. The molecule has 2 aromatic heterocycles. The SMILES string of the molecule is CCOC(=O)c1nc2nc(-c3ccc(OC)c(OC)c3)cc(=O)n2[nH]1. The highest BCUT2D eigenvalue weighted by Crippen LogP contribution is 2.31. The zero-order valence-corrected chi connectivity index (χ0v) is 13.9. The van der Waals surface area contributed by atoms with Gasteiger partial charge in [-0.15, -0.1) is 0 Å². The van der Waals surface area contributed by atoms with Crippen molar-refractivity contribution in [3.8, 4) is 22.8 Å². The van der Waals surface area contributed by atoms with Crippen LogP contribution >= 0.6 is 0 Å². The first-order valence-electron chi connectivity index (χ1n) is 7.46. The molecule has 0 aliphatic heterocycles. The van der Waals surface area contributed by atoms with E-state index in [1.54, 1.807) is 25.1 Å². The summed E-state index contributed by atoms with van der Waals surface area (Å²) in [4.78, 5) is 32.4. The summed E-state index contributed by atoms with van der Waals surface area (Å²) in [6, 6.07) is 6.50. The van der Waals surface area contributed by atoms with Gasteiger partial charge in [-0.3, -0.25) is 9.89 Å². The van der Waals surface area contributed by atoms with Gasteiger partial charge in [0.15, 0.2) is 11.5 Å². The third-order valence-corrected chi connectivity index (χ3v) is 3.48. The maximum absolute atomic E-state index is 12.3. The molecule has 0 saturated carbocycles. The van der Waals surface area contributed by atoms with Gasteiger partial charge in [0, 0.05) is 11.6 Å². The summed E-state index contributed by atoms with van der Waals surface area (Å²) < 4.78 is 16.4. The molecule has 0 radical (unpaired) electrons. The largest absolute Gasteiger partial charge is 0.493 e. The third kappa shape index (κ3) is 3.03. The molecule has 0 fully saturated rings. The van der Waals surface area contributed by atoms with E-state index in [9.17, 15) is 9.59 Å². The molecule has 0 bridgehead atoms. The molecule has 3 aromatic rings. The zero-order valence-electron chi connectivity index (χ0n) is 13.9. The summed E-state index contributed by atoms with van der Waals surface area (Å²) in [5.41, 5.74) is 0.642. The Morgan fingerprint density at radius 3 is 2.60 bits per heavy atom. The van der Waals surface area contributed by atoms with Gasteiger partial charge in [-0.2, -0.15) is 9.50 Å². The van der Waals surface area contributed by atoms with Crippen LogP contribution in [0.1, 0.15) is 17.5 Å². The number of methoxy groups -OCH3 is 2. The van der Waals surface area contributed by atoms with Crippen molar-refractivity contribution >= 4 is 11.7 Å². The Balaban J connectivity index is 2.09. The van der Waals surface area contributed by atoms with E-state index in [0.717, 1.165) is 4.52 Å². The van der Waals surface area contributed by atoms with E-state index in [1.165, 1.54) is 20.3 Å². The Morgan fingerprint density at radius 1 is 1.16 bits per heavy atom. The maximum Gasteiger partial charge on any atom is 0.375 e. The number of aromatic amines is 1. The summed E-state index contributed by atoms with van der Waals surface area (Å²) in [5.74, 6) is 0.404. The minimum Gasteiger partial charge on any atom is -0.493 e. The van der Waals surface area contributed by atoms with E-state index in [2.05, 4.69) is 15.1 Å². The lowest BCUT2D eigenvalue weighted by Gasteiger charge is -2.09. The van der Waals surface area contributed by atoms with Gasteiger partial charge in [-0.25, -0.2) is 9.78 Å².